The van der Waals surface area contributed by atoms with Crippen LogP contribution in [0.4, 0.5) is 0 Å². The molecule has 2 aliphatic rings. The number of carbonyl (C=O) groups is 1. The zero-order valence-corrected chi connectivity index (χ0v) is 15.0. The minimum Gasteiger partial charge on any atom is -0.379 e. The Morgan fingerprint density at radius 1 is 1.32 bits per heavy atom. The van der Waals surface area contributed by atoms with Crippen molar-refractivity contribution in [2.24, 2.45) is 0 Å². The van der Waals surface area contributed by atoms with Gasteiger partial charge in [0.15, 0.2) is 5.69 Å². The average molecular weight is 361 g/mol. The molecule has 0 radical (unpaired) electrons. The molecular formula is C17H23N5O2S. The van der Waals surface area contributed by atoms with Crippen LogP contribution in [0.15, 0.2) is 5.38 Å². The average Bonchev–Trinajstić information content (AvgIpc) is 3.27. The number of aromatic amines is 1. The first-order valence-electron chi connectivity index (χ1n) is 8.87. The number of ether oxygens (including phenoxy) is 1. The largest absolute Gasteiger partial charge is 0.379 e. The first kappa shape index (κ1) is 16.7. The molecule has 1 amide bonds. The van der Waals surface area contributed by atoms with Gasteiger partial charge in [0.05, 0.1) is 25.5 Å². The van der Waals surface area contributed by atoms with Gasteiger partial charge in [-0.25, -0.2) is 4.98 Å². The van der Waals surface area contributed by atoms with Crippen molar-refractivity contribution < 1.29 is 9.53 Å². The van der Waals surface area contributed by atoms with Crippen LogP contribution in [0.1, 0.15) is 45.3 Å². The number of aryl methyl sites for hydroxylation is 1. The summed E-state index contributed by atoms with van der Waals surface area (Å²) in [6.45, 7) is 4.79. The molecule has 1 fully saturated rings. The third kappa shape index (κ3) is 3.91. The predicted octanol–water partition coefficient (Wildman–Crippen LogP) is 1.51. The summed E-state index contributed by atoms with van der Waals surface area (Å²) in [5, 5.41) is 13.2. The molecule has 3 heterocycles. The highest BCUT2D eigenvalue weighted by Gasteiger charge is 2.21. The molecule has 0 atom stereocenters. The number of nitrogens with one attached hydrogen (secondary N) is 2. The summed E-state index contributed by atoms with van der Waals surface area (Å²) in [5.74, 6) is -0.107. The fraction of sp³-hybridized carbons (Fsp3) is 0.588. The minimum atomic E-state index is -0.107. The van der Waals surface area contributed by atoms with Gasteiger partial charge >= 0.3 is 0 Å². The number of nitrogens with zero attached hydrogens (tertiary/aromatic N) is 3. The molecule has 0 aromatic carbocycles. The standard InChI is InChI=1S/C17H23N5O2S/c23-17(16-13-3-1-2-4-14(13)20-21-16)18-9-15-19-12(11-25-15)10-22-5-7-24-8-6-22/h11H,1-10H2,(H,18,23)(H,20,21). The molecule has 1 saturated heterocycles. The van der Waals surface area contributed by atoms with Crippen molar-refractivity contribution in [2.45, 2.75) is 38.8 Å². The Labute approximate surface area is 150 Å². The number of hydrogen-bond donors (Lipinski definition) is 2. The van der Waals surface area contributed by atoms with Crippen molar-refractivity contribution in [3.05, 3.63) is 33.0 Å². The van der Waals surface area contributed by atoms with E-state index < -0.39 is 0 Å². The van der Waals surface area contributed by atoms with E-state index in [4.69, 9.17) is 4.74 Å². The maximum Gasteiger partial charge on any atom is 0.272 e. The van der Waals surface area contributed by atoms with Gasteiger partial charge in [0.2, 0.25) is 0 Å². The van der Waals surface area contributed by atoms with Crippen LogP contribution in [0.5, 0.6) is 0 Å². The predicted molar refractivity (Wildman–Crippen MR) is 94.6 cm³/mol. The van der Waals surface area contributed by atoms with E-state index in [0.717, 1.165) is 74.1 Å². The Morgan fingerprint density at radius 3 is 3.04 bits per heavy atom. The van der Waals surface area contributed by atoms with E-state index in [9.17, 15) is 4.79 Å². The number of carbonyl (C=O) groups excluding carboxylic acids is 1. The third-order valence-corrected chi connectivity index (χ3v) is 5.66. The van der Waals surface area contributed by atoms with Gasteiger partial charge in [0, 0.05) is 36.3 Å². The highest BCUT2D eigenvalue weighted by molar-refractivity contribution is 7.09. The number of rotatable bonds is 5. The van der Waals surface area contributed by atoms with Crippen molar-refractivity contribution in [3.8, 4) is 0 Å². The molecule has 2 aromatic rings. The van der Waals surface area contributed by atoms with Crippen LogP contribution in [-0.4, -0.2) is 52.3 Å². The topological polar surface area (TPSA) is 83.1 Å². The molecule has 2 N–H and O–H groups in total. The zero-order valence-electron chi connectivity index (χ0n) is 14.2. The molecule has 0 unspecified atom stereocenters. The van der Waals surface area contributed by atoms with Crippen LogP contribution >= 0.6 is 11.3 Å². The summed E-state index contributed by atoms with van der Waals surface area (Å²) in [6.07, 6.45) is 4.23. The summed E-state index contributed by atoms with van der Waals surface area (Å²) >= 11 is 1.59. The van der Waals surface area contributed by atoms with E-state index in [2.05, 4.69) is 30.8 Å². The summed E-state index contributed by atoms with van der Waals surface area (Å²) in [4.78, 5) is 19.4. The van der Waals surface area contributed by atoms with Crippen molar-refractivity contribution in [3.63, 3.8) is 0 Å². The zero-order chi connectivity index (χ0) is 17.1. The molecule has 0 bridgehead atoms. The van der Waals surface area contributed by atoms with E-state index in [1.165, 1.54) is 6.42 Å². The Morgan fingerprint density at radius 2 is 2.16 bits per heavy atom. The van der Waals surface area contributed by atoms with Crippen molar-refractivity contribution in [1.29, 1.82) is 0 Å². The van der Waals surface area contributed by atoms with Gasteiger partial charge in [-0.05, 0) is 25.7 Å². The Balaban J connectivity index is 1.32. The van der Waals surface area contributed by atoms with Gasteiger partial charge in [0.25, 0.3) is 5.91 Å². The van der Waals surface area contributed by atoms with Gasteiger partial charge in [-0.15, -0.1) is 11.3 Å². The lowest BCUT2D eigenvalue weighted by Crippen LogP contribution is -2.35. The number of hydrogen-bond acceptors (Lipinski definition) is 6. The molecule has 1 aliphatic heterocycles. The first-order valence-corrected chi connectivity index (χ1v) is 9.75. The lowest BCUT2D eigenvalue weighted by atomic mass is 9.96. The fourth-order valence-corrected chi connectivity index (χ4v) is 4.12. The summed E-state index contributed by atoms with van der Waals surface area (Å²) in [6, 6.07) is 0. The van der Waals surface area contributed by atoms with E-state index in [0.29, 0.717) is 12.2 Å². The molecule has 0 saturated carbocycles. The number of fused-ring (bicyclic) bond motifs is 1. The summed E-state index contributed by atoms with van der Waals surface area (Å²) in [5.41, 5.74) is 3.84. The quantitative estimate of drug-likeness (QED) is 0.843. The molecule has 0 spiro atoms. The molecule has 134 valence electrons. The van der Waals surface area contributed by atoms with Gasteiger partial charge in [-0.1, -0.05) is 0 Å². The smallest absolute Gasteiger partial charge is 0.272 e. The van der Waals surface area contributed by atoms with E-state index in [-0.39, 0.29) is 5.91 Å². The molecule has 4 rings (SSSR count). The van der Waals surface area contributed by atoms with Crippen LogP contribution < -0.4 is 5.32 Å². The maximum atomic E-state index is 12.4. The lowest BCUT2D eigenvalue weighted by Gasteiger charge is -2.25. The normalized spacial score (nSPS) is 18.1. The second kappa shape index (κ2) is 7.63. The first-order chi connectivity index (χ1) is 12.3. The highest BCUT2D eigenvalue weighted by atomic mass is 32.1. The Bertz CT molecular complexity index is 735. The molecule has 25 heavy (non-hydrogen) atoms. The highest BCUT2D eigenvalue weighted by Crippen LogP contribution is 2.22. The number of H-pyrrole nitrogens is 1. The van der Waals surface area contributed by atoms with E-state index >= 15 is 0 Å². The number of aromatic nitrogens is 3. The van der Waals surface area contributed by atoms with Gasteiger partial charge in [-0.2, -0.15) is 5.10 Å². The van der Waals surface area contributed by atoms with E-state index in [1.54, 1.807) is 11.3 Å². The lowest BCUT2D eigenvalue weighted by molar-refractivity contribution is 0.0337. The SMILES string of the molecule is O=C(NCc1nc(CN2CCOCC2)cs1)c1n[nH]c2c1CCCC2. The molecule has 2 aromatic heterocycles. The van der Waals surface area contributed by atoms with Gasteiger partial charge in [0.1, 0.15) is 5.01 Å². The van der Waals surface area contributed by atoms with Gasteiger partial charge < -0.3 is 10.1 Å². The van der Waals surface area contributed by atoms with Crippen molar-refractivity contribution >= 4 is 17.2 Å². The van der Waals surface area contributed by atoms with Crippen LogP contribution in [-0.2, 0) is 30.7 Å². The number of thiazole rings is 1. The Kier molecular flexibility index (Phi) is 5.09. The second-order valence-electron chi connectivity index (χ2n) is 6.54. The van der Waals surface area contributed by atoms with Crippen LogP contribution in [0.25, 0.3) is 0 Å². The minimum absolute atomic E-state index is 0.107. The molecule has 8 heteroatoms. The number of morpholine rings is 1. The molecule has 7 nitrogen and oxygen atoms in total. The van der Waals surface area contributed by atoms with Crippen molar-refractivity contribution in [1.82, 2.24) is 25.4 Å². The molecule has 1 aliphatic carbocycles. The van der Waals surface area contributed by atoms with Crippen LogP contribution in [0, 0.1) is 0 Å². The third-order valence-electron chi connectivity index (χ3n) is 4.76. The van der Waals surface area contributed by atoms with Crippen molar-refractivity contribution in [2.75, 3.05) is 26.3 Å². The second-order valence-corrected chi connectivity index (χ2v) is 7.48. The van der Waals surface area contributed by atoms with E-state index in [1.807, 2.05) is 0 Å². The molecular weight excluding hydrogens is 338 g/mol. The summed E-state index contributed by atoms with van der Waals surface area (Å²) in [7, 11) is 0. The monoisotopic (exact) mass is 361 g/mol. The Hall–Kier alpha value is -1.77. The summed E-state index contributed by atoms with van der Waals surface area (Å²) < 4.78 is 5.37. The van der Waals surface area contributed by atoms with Crippen LogP contribution in [0.3, 0.4) is 0 Å². The number of amides is 1. The maximum absolute atomic E-state index is 12.4. The fourth-order valence-electron chi connectivity index (χ4n) is 3.40. The van der Waals surface area contributed by atoms with Crippen LogP contribution in [0.2, 0.25) is 0 Å². The van der Waals surface area contributed by atoms with Gasteiger partial charge in [-0.3, -0.25) is 14.8 Å².